The van der Waals surface area contributed by atoms with E-state index in [1.165, 1.54) is 6.42 Å². The van der Waals surface area contributed by atoms with Crippen molar-refractivity contribution < 1.29 is 4.74 Å². The van der Waals surface area contributed by atoms with Gasteiger partial charge in [-0.3, -0.25) is 0 Å². The first-order chi connectivity index (χ1) is 15.2. The first-order valence-electron chi connectivity index (χ1n) is 10.7. The lowest BCUT2D eigenvalue weighted by atomic mass is 10.0. The van der Waals surface area contributed by atoms with Gasteiger partial charge in [0.25, 0.3) is 0 Å². The molecule has 0 bridgehead atoms. The first kappa shape index (κ1) is 19.4. The van der Waals surface area contributed by atoms with Gasteiger partial charge in [-0.15, -0.1) is 0 Å². The van der Waals surface area contributed by atoms with Gasteiger partial charge in [0.05, 0.1) is 24.4 Å². The molecule has 0 amide bonds. The van der Waals surface area contributed by atoms with Crippen molar-refractivity contribution in [3.8, 4) is 11.4 Å². The molecule has 4 aromatic rings. The monoisotopic (exact) mass is 414 g/mol. The highest BCUT2D eigenvalue weighted by atomic mass is 16.5. The van der Waals surface area contributed by atoms with E-state index in [2.05, 4.69) is 22.2 Å². The van der Waals surface area contributed by atoms with Crippen LogP contribution in [0.1, 0.15) is 19.8 Å². The maximum Gasteiger partial charge on any atom is 0.229 e. The lowest BCUT2D eigenvalue weighted by Crippen LogP contribution is -2.35. The van der Waals surface area contributed by atoms with Crippen molar-refractivity contribution in [3.63, 3.8) is 0 Å². The molecular formula is C24H26N6O. The average molecular weight is 415 g/mol. The van der Waals surface area contributed by atoms with Gasteiger partial charge in [0, 0.05) is 18.8 Å². The van der Waals surface area contributed by atoms with Crippen molar-refractivity contribution in [1.82, 2.24) is 19.7 Å². The van der Waals surface area contributed by atoms with E-state index in [1.807, 2.05) is 65.5 Å². The fraction of sp³-hybridized carbons (Fsp3) is 0.292. The van der Waals surface area contributed by atoms with Crippen LogP contribution in [-0.4, -0.2) is 39.9 Å². The summed E-state index contributed by atoms with van der Waals surface area (Å²) < 4.78 is 7.16. The molecule has 7 heteroatoms. The molecule has 0 aliphatic carbocycles. The predicted octanol–water partition coefficient (Wildman–Crippen LogP) is 4.80. The fourth-order valence-electron chi connectivity index (χ4n) is 4.07. The SMILES string of the molecule is COc1ccc(Nc2nc(N3CCC[C@H](C)C3)nc3c2cnn3-c2ccccc2)cc1. The molecular weight excluding hydrogens is 388 g/mol. The molecule has 3 heterocycles. The summed E-state index contributed by atoms with van der Waals surface area (Å²) in [5, 5.41) is 8.98. The summed E-state index contributed by atoms with van der Waals surface area (Å²) in [6, 6.07) is 17.9. The predicted molar refractivity (Wildman–Crippen MR) is 124 cm³/mol. The molecule has 1 saturated heterocycles. The van der Waals surface area contributed by atoms with Gasteiger partial charge in [0.2, 0.25) is 5.95 Å². The minimum Gasteiger partial charge on any atom is -0.497 e. The summed E-state index contributed by atoms with van der Waals surface area (Å²) in [6.07, 6.45) is 4.23. The Morgan fingerprint density at radius 2 is 1.84 bits per heavy atom. The third kappa shape index (κ3) is 3.91. The Balaban J connectivity index is 1.61. The molecule has 0 unspecified atom stereocenters. The molecule has 7 nitrogen and oxygen atoms in total. The number of aromatic nitrogens is 4. The summed E-state index contributed by atoms with van der Waals surface area (Å²) in [7, 11) is 1.67. The third-order valence-electron chi connectivity index (χ3n) is 5.71. The van der Waals surface area contributed by atoms with Gasteiger partial charge in [0.1, 0.15) is 11.6 Å². The zero-order valence-electron chi connectivity index (χ0n) is 17.8. The average Bonchev–Trinajstić information content (AvgIpc) is 3.24. The highest BCUT2D eigenvalue weighted by Gasteiger charge is 2.22. The van der Waals surface area contributed by atoms with E-state index in [0.29, 0.717) is 5.92 Å². The van der Waals surface area contributed by atoms with Crippen LogP contribution in [0.15, 0.2) is 60.8 Å². The Morgan fingerprint density at radius 1 is 1.03 bits per heavy atom. The van der Waals surface area contributed by atoms with E-state index in [1.54, 1.807) is 7.11 Å². The van der Waals surface area contributed by atoms with Crippen LogP contribution < -0.4 is 15.0 Å². The number of hydrogen-bond acceptors (Lipinski definition) is 6. The molecule has 5 rings (SSSR count). The summed E-state index contributed by atoms with van der Waals surface area (Å²) >= 11 is 0. The van der Waals surface area contributed by atoms with Gasteiger partial charge < -0.3 is 15.0 Å². The zero-order valence-corrected chi connectivity index (χ0v) is 17.8. The summed E-state index contributed by atoms with van der Waals surface area (Å²) in [6.45, 7) is 4.22. The van der Waals surface area contributed by atoms with E-state index < -0.39 is 0 Å². The van der Waals surface area contributed by atoms with Crippen molar-refractivity contribution in [2.24, 2.45) is 5.92 Å². The molecule has 31 heavy (non-hydrogen) atoms. The Labute approximate surface area is 181 Å². The Bertz CT molecular complexity index is 1170. The number of ether oxygens (including phenoxy) is 1. The van der Waals surface area contributed by atoms with Gasteiger partial charge >= 0.3 is 0 Å². The molecule has 1 fully saturated rings. The molecule has 1 N–H and O–H groups in total. The Hall–Kier alpha value is -3.61. The molecule has 1 atom stereocenters. The lowest BCUT2D eigenvalue weighted by molar-refractivity contribution is 0.415. The second kappa shape index (κ2) is 8.26. The van der Waals surface area contributed by atoms with Crippen LogP contribution in [0, 0.1) is 5.92 Å². The number of methoxy groups -OCH3 is 1. The van der Waals surface area contributed by atoms with Crippen LogP contribution in [0.2, 0.25) is 0 Å². The number of fused-ring (bicyclic) bond motifs is 1. The summed E-state index contributed by atoms with van der Waals surface area (Å²) in [5.74, 6) is 2.95. The van der Waals surface area contributed by atoms with Crippen molar-refractivity contribution in [3.05, 3.63) is 60.8 Å². The van der Waals surface area contributed by atoms with E-state index in [9.17, 15) is 0 Å². The summed E-state index contributed by atoms with van der Waals surface area (Å²) in [5.41, 5.74) is 2.71. The molecule has 158 valence electrons. The molecule has 2 aromatic carbocycles. The molecule has 0 spiro atoms. The maximum atomic E-state index is 5.28. The number of anilines is 3. The normalized spacial score (nSPS) is 16.5. The second-order valence-electron chi connectivity index (χ2n) is 8.05. The van der Waals surface area contributed by atoms with Crippen LogP contribution in [0.4, 0.5) is 17.5 Å². The zero-order chi connectivity index (χ0) is 21.2. The quantitative estimate of drug-likeness (QED) is 0.506. The maximum absolute atomic E-state index is 5.28. The number of benzene rings is 2. The van der Waals surface area contributed by atoms with Crippen molar-refractivity contribution in [2.75, 3.05) is 30.4 Å². The van der Waals surface area contributed by atoms with Crippen LogP contribution >= 0.6 is 0 Å². The smallest absolute Gasteiger partial charge is 0.229 e. The van der Waals surface area contributed by atoms with Gasteiger partial charge in [-0.1, -0.05) is 25.1 Å². The summed E-state index contributed by atoms with van der Waals surface area (Å²) in [4.78, 5) is 12.2. The van der Waals surface area contributed by atoms with Crippen molar-refractivity contribution in [1.29, 1.82) is 0 Å². The number of nitrogens with one attached hydrogen (secondary N) is 1. The van der Waals surface area contributed by atoms with E-state index in [4.69, 9.17) is 14.7 Å². The number of piperidine rings is 1. The molecule has 2 aromatic heterocycles. The largest absolute Gasteiger partial charge is 0.497 e. The number of para-hydroxylation sites is 1. The lowest BCUT2D eigenvalue weighted by Gasteiger charge is -2.31. The Kier molecular flexibility index (Phi) is 5.16. The van der Waals surface area contributed by atoms with Gasteiger partial charge in [-0.2, -0.15) is 15.1 Å². The van der Waals surface area contributed by atoms with Crippen LogP contribution in [0.5, 0.6) is 5.75 Å². The van der Waals surface area contributed by atoms with E-state index >= 15 is 0 Å². The number of rotatable bonds is 5. The van der Waals surface area contributed by atoms with Gasteiger partial charge in [-0.05, 0) is 55.2 Å². The third-order valence-corrected chi connectivity index (χ3v) is 5.71. The van der Waals surface area contributed by atoms with Gasteiger partial charge in [-0.25, -0.2) is 4.68 Å². The standard InChI is InChI=1S/C24H26N6O/c1-17-7-6-14-29(16-17)24-27-22(26-18-10-12-20(31-2)13-11-18)21-15-25-30(23(21)28-24)19-8-4-3-5-9-19/h3-5,8-13,15,17H,6-7,14,16H2,1-2H3,(H,26,27,28)/t17-/m0/s1. The minimum absolute atomic E-state index is 0.630. The number of hydrogen-bond donors (Lipinski definition) is 1. The molecule has 0 saturated carbocycles. The van der Waals surface area contributed by atoms with Crippen LogP contribution in [-0.2, 0) is 0 Å². The topological polar surface area (TPSA) is 68.1 Å². The molecule has 1 aliphatic rings. The van der Waals surface area contributed by atoms with Crippen LogP contribution in [0.3, 0.4) is 0 Å². The minimum atomic E-state index is 0.630. The second-order valence-corrected chi connectivity index (χ2v) is 8.05. The highest BCUT2D eigenvalue weighted by molar-refractivity contribution is 5.90. The Morgan fingerprint density at radius 3 is 2.58 bits per heavy atom. The van der Waals surface area contributed by atoms with Crippen molar-refractivity contribution in [2.45, 2.75) is 19.8 Å². The van der Waals surface area contributed by atoms with E-state index in [-0.39, 0.29) is 0 Å². The number of nitrogens with zero attached hydrogens (tertiary/aromatic N) is 5. The van der Waals surface area contributed by atoms with Crippen molar-refractivity contribution >= 4 is 28.5 Å². The van der Waals surface area contributed by atoms with E-state index in [0.717, 1.165) is 59.4 Å². The first-order valence-corrected chi connectivity index (χ1v) is 10.7. The fourth-order valence-corrected chi connectivity index (χ4v) is 4.07. The highest BCUT2D eigenvalue weighted by Crippen LogP contribution is 2.30. The van der Waals surface area contributed by atoms with Crippen LogP contribution in [0.25, 0.3) is 16.7 Å². The molecule has 1 aliphatic heterocycles. The molecule has 0 radical (unpaired) electrons. The van der Waals surface area contributed by atoms with Gasteiger partial charge in [0.15, 0.2) is 5.65 Å².